The Morgan fingerprint density at radius 2 is 1.95 bits per heavy atom. The molecule has 6 heteroatoms. The predicted molar refractivity (Wildman–Crippen MR) is 81.2 cm³/mol. The summed E-state index contributed by atoms with van der Waals surface area (Å²) in [6.07, 6.45) is 4.08. The van der Waals surface area contributed by atoms with Gasteiger partial charge >= 0.3 is 0 Å². The molecule has 1 atom stereocenters. The standard InChI is InChI=1S/C15H18N6/c1-2-21-13-7-4-3-6-11(13)19-14(21)10-12(20-16)15-17-8-5-9-18-15/h3-9,12,20H,2,10,16H2,1H3. The third-order valence-corrected chi connectivity index (χ3v) is 3.54. The molecule has 1 aromatic carbocycles. The summed E-state index contributed by atoms with van der Waals surface area (Å²) >= 11 is 0. The largest absolute Gasteiger partial charge is 0.328 e. The molecule has 21 heavy (non-hydrogen) atoms. The second-order valence-corrected chi connectivity index (χ2v) is 4.79. The monoisotopic (exact) mass is 282 g/mol. The van der Waals surface area contributed by atoms with Crippen LogP contribution in [0.15, 0.2) is 42.7 Å². The smallest absolute Gasteiger partial charge is 0.146 e. The number of rotatable bonds is 5. The zero-order valence-electron chi connectivity index (χ0n) is 11.9. The number of nitrogens with zero attached hydrogens (tertiary/aromatic N) is 4. The van der Waals surface area contributed by atoms with E-state index in [9.17, 15) is 0 Å². The summed E-state index contributed by atoms with van der Waals surface area (Å²) in [5.74, 6) is 7.33. The molecular formula is C15H18N6. The molecule has 3 rings (SSSR count). The van der Waals surface area contributed by atoms with Crippen LogP contribution in [0.2, 0.25) is 0 Å². The molecule has 2 aromatic heterocycles. The number of hydrazine groups is 1. The van der Waals surface area contributed by atoms with Crippen molar-refractivity contribution in [2.45, 2.75) is 25.9 Å². The number of benzene rings is 1. The minimum absolute atomic E-state index is 0.159. The maximum Gasteiger partial charge on any atom is 0.146 e. The van der Waals surface area contributed by atoms with Crippen LogP contribution in [0.4, 0.5) is 0 Å². The van der Waals surface area contributed by atoms with E-state index in [4.69, 9.17) is 10.8 Å². The molecule has 0 aliphatic carbocycles. The summed E-state index contributed by atoms with van der Waals surface area (Å²) in [6, 6.07) is 9.76. The van der Waals surface area contributed by atoms with Crippen molar-refractivity contribution in [2.24, 2.45) is 5.84 Å². The lowest BCUT2D eigenvalue weighted by molar-refractivity contribution is 0.501. The molecule has 2 heterocycles. The Kier molecular flexibility index (Phi) is 3.89. The van der Waals surface area contributed by atoms with Crippen LogP contribution < -0.4 is 11.3 Å². The average Bonchev–Trinajstić information content (AvgIpc) is 2.90. The van der Waals surface area contributed by atoms with Crippen LogP contribution in [0.1, 0.15) is 24.6 Å². The fourth-order valence-electron chi connectivity index (χ4n) is 2.53. The van der Waals surface area contributed by atoms with Gasteiger partial charge in [-0.3, -0.25) is 5.84 Å². The second kappa shape index (κ2) is 5.99. The number of hydrogen-bond donors (Lipinski definition) is 2. The van der Waals surface area contributed by atoms with Crippen LogP contribution in [0, 0.1) is 0 Å². The van der Waals surface area contributed by atoms with Crippen LogP contribution in [-0.4, -0.2) is 19.5 Å². The van der Waals surface area contributed by atoms with Gasteiger partial charge in [-0.2, -0.15) is 0 Å². The van der Waals surface area contributed by atoms with Crippen molar-refractivity contribution >= 4 is 11.0 Å². The highest BCUT2D eigenvalue weighted by molar-refractivity contribution is 5.75. The minimum atomic E-state index is -0.159. The van der Waals surface area contributed by atoms with E-state index >= 15 is 0 Å². The van der Waals surface area contributed by atoms with Crippen LogP contribution in [-0.2, 0) is 13.0 Å². The Bertz CT molecular complexity index is 721. The SMILES string of the molecule is CCn1c(CC(NN)c2ncccn2)nc2ccccc21. The molecule has 0 bridgehead atoms. The van der Waals surface area contributed by atoms with Crippen LogP contribution in [0.5, 0.6) is 0 Å². The molecule has 0 saturated carbocycles. The summed E-state index contributed by atoms with van der Waals surface area (Å²) in [6.45, 7) is 2.98. The minimum Gasteiger partial charge on any atom is -0.328 e. The molecule has 0 amide bonds. The van der Waals surface area contributed by atoms with Gasteiger partial charge in [0.2, 0.25) is 0 Å². The van der Waals surface area contributed by atoms with Crippen molar-refractivity contribution in [1.29, 1.82) is 0 Å². The van der Waals surface area contributed by atoms with E-state index in [1.807, 2.05) is 18.2 Å². The second-order valence-electron chi connectivity index (χ2n) is 4.79. The highest BCUT2D eigenvalue weighted by Gasteiger charge is 2.18. The van der Waals surface area contributed by atoms with Crippen LogP contribution in [0.25, 0.3) is 11.0 Å². The molecule has 0 spiro atoms. The quantitative estimate of drug-likeness (QED) is 0.548. The molecule has 0 aliphatic heterocycles. The number of aryl methyl sites for hydroxylation is 1. The maximum absolute atomic E-state index is 5.67. The van der Waals surface area contributed by atoms with Gasteiger partial charge in [0, 0.05) is 25.4 Å². The first-order chi connectivity index (χ1) is 10.3. The molecule has 6 nitrogen and oxygen atoms in total. The highest BCUT2D eigenvalue weighted by atomic mass is 15.3. The Labute approximate surface area is 123 Å². The number of fused-ring (bicyclic) bond motifs is 1. The maximum atomic E-state index is 5.67. The first-order valence-corrected chi connectivity index (χ1v) is 7.00. The summed E-state index contributed by atoms with van der Waals surface area (Å²) in [4.78, 5) is 13.2. The Hall–Kier alpha value is -2.31. The van der Waals surface area contributed by atoms with Gasteiger partial charge in [-0.1, -0.05) is 12.1 Å². The highest BCUT2D eigenvalue weighted by Crippen LogP contribution is 2.20. The zero-order valence-corrected chi connectivity index (χ0v) is 11.9. The van der Waals surface area contributed by atoms with Crippen molar-refractivity contribution in [2.75, 3.05) is 0 Å². The summed E-state index contributed by atoms with van der Waals surface area (Å²) in [5, 5.41) is 0. The summed E-state index contributed by atoms with van der Waals surface area (Å²) in [5.41, 5.74) is 4.92. The van der Waals surface area contributed by atoms with Gasteiger partial charge in [0.25, 0.3) is 0 Å². The van der Waals surface area contributed by atoms with Gasteiger partial charge in [-0.15, -0.1) is 0 Å². The predicted octanol–water partition coefficient (Wildman–Crippen LogP) is 1.59. The summed E-state index contributed by atoms with van der Waals surface area (Å²) < 4.78 is 2.20. The van der Waals surface area contributed by atoms with Crippen molar-refractivity contribution in [3.05, 3.63) is 54.4 Å². The molecule has 3 N–H and O–H groups in total. The Morgan fingerprint density at radius 3 is 2.67 bits per heavy atom. The van der Waals surface area contributed by atoms with E-state index in [1.54, 1.807) is 18.5 Å². The van der Waals surface area contributed by atoms with Crippen molar-refractivity contribution in [1.82, 2.24) is 24.9 Å². The van der Waals surface area contributed by atoms with Gasteiger partial charge in [0.05, 0.1) is 17.1 Å². The number of nitrogens with two attached hydrogens (primary N) is 1. The lowest BCUT2D eigenvalue weighted by Gasteiger charge is -2.14. The van der Waals surface area contributed by atoms with Gasteiger partial charge in [-0.25, -0.2) is 20.4 Å². The number of hydrogen-bond acceptors (Lipinski definition) is 5. The van der Waals surface area contributed by atoms with Gasteiger partial charge in [-0.05, 0) is 25.1 Å². The fourth-order valence-corrected chi connectivity index (χ4v) is 2.53. The molecule has 1 unspecified atom stereocenters. The van der Waals surface area contributed by atoms with Crippen LogP contribution >= 0.6 is 0 Å². The van der Waals surface area contributed by atoms with Gasteiger partial charge in [0.1, 0.15) is 11.6 Å². The van der Waals surface area contributed by atoms with Gasteiger partial charge < -0.3 is 4.57 Å². The van der Waals surface area contributed by atoms with Crippen molar-refractivity contribution in [3.8, 4) is 0 Å². The first-order valence-electron chi connectivity index (χ1n) is 7.00. The van der Waals surface area contributed by atoms with E-state index in [1.165, 1.54) is 0 Å². The average molecular weight is 282 g/mol. The first kappa shape index (κ1) is 13.7. The van der Waals surface area contributed by atoms with Crippen molar-refractivity contribution in [3.63, 3.8) is 0 Å². The number of aromatic nitrogens is 4. The number of nitrogens with one attached hydrogen (secondary N) is 1. The van der Waals surface area contributed by atoms with E-state index in [0.29, 0.717) is 12.2 Å². The molecule has 0 saturated heterocycles. The van der Waals surface area contributed by atoms with E-state index < -0.39 is 0 Å². The number of imidazole rings is 1. The van der Waals surface area contributed by atoms with Gasteiger partial charge in [0.15, 0.2) is 0 Å². The third-order valence-electron chi connectivity index (χ3n) is 3.54. The molecule has 0 aliphatic rings. The molecule has 0 radical (unpaired) electrons. The lowest BCUT2D eigenvalue weighted by atomic mass is 10.2. The summed E-state index contributed by atoms with van der Waals surface area (Å²) in [7, 11) is 0. The topological polar surface area (TPSA) is 81.7 Å². The number of para-hydroxylation sites is 2. The van der Waals surface area contributed by atoms with Crippen LogP contribution in [0.3, 0.4) is 0 Å². The van der Waals surface area contributed by atoms with Crippen molar-refractivity contribution < 1.29 is 0 Å². The van der Waals surface area contributed by atoms with E-state index in [2.05, 4.69) is 33.0 Å². The third kappa shape index (κ3) is 2.63. The molecule has 108 valence electrons. The fraction of sp³-hybridized carbons (Fsp3) is 0.267. The van der Waals surface area contributed by atoms with E-state index in [0.717, 1.165) is 23.4 Å². The molecule has 0 fully saturated rings. The zero-order chi connectivity index (χ0) is 14.7. The molecule has 3 aromatic rings. The molecular weight excluding hydrogens is 264 g/mol. The Morgan fingerprint density at radius 1 is 1.19 bits per heavy atom. The normalized spacial score (nSPS) is 12.7. The lowest BCUT2D eigenvalue weighted by Crippen LogP contribution is -2.31. The van der Waals surface area contributed by atoms with E-state index in [-0.39, 0.29) is 6.04 Å². The Balaban J connectivity index is 1.97.